The van der Waals surface area contributed by atoms with E-state index in [4.69, 9.17) is 21.1 Å². The molecule has 1 aromatic heterocycles. The molecule has 0 unspecified atom stereocenters. The maximum Gasteiger partial charge on any atom is 0.395 e. The summed E-state index contributed by atoms with van der Waals surface area (Å²) in [4.78, 5) is 39.3. The van der Waals surface area contributed by atoms with Gasteiger partial charge in [-0.05, 0) is 42.0 Å². The minimum atomic E-state index is -1.08. The first-order chi connectivity index (χ1) is 15.8. The van der Waals surface area contributed by atoms with Crippen molar-refractivity contribution in [2.75, 3.05) is 19.0 Å². The second-order valence-corrected chi connectivity index (χ2v) is 6.91. The Morgan fingerprint density at radius 2 is 2.06 bits per heavy atom. The molecule has 3 aromatic rings. The summed E-state index contributed by atoms with van der Waals surface area (Å²) in [5.74, 6) is -0.812. The van der Waals surface area contributed by atoms with Crippen LogP contribution in [0.15, 0.2) is 47.3 Å². The number of nitro groups is 1. The third-order valence-electron chi connectivity index (χ3n) is 4.17. The maximum absolute atomic E-state index is 12.1. The van der Waals surface area contributed by atoms with E-state index in [9.17, 15) is 24.8 Å². The number of methoxy groups -OCH3 is 1. The highest BCUT2D eigenvalue weighted by molar-refractivity contribution is 6.30. The minimum Gasteiger partial charge on any atom is -0.493 e. The van der Waals surface area contributed by atoms with Gasteiger partial charge in [0, 0.05) is 10.7 Å². The lowest BCUT2D eigenvalue weighted by atomic mass is 10.2. The zero-order chi connectivity index (χ0) is 24.0. The number of halogens is 1. The smallest absolute Gasteiger partial charge is 0.395 e. The number of rotatable bonds is 8. The Morgan fingerprint density at radius 3 is 2.73 bits per heavy atom. The van der Waals surface area contributed by atoms with Gasteiger partial charge in [0.05, 0.1) is 12.0 Å². The van der Waals surface area contributed by atoms with E-state index in [-0.39, 0.29) is 12.4 Å². The summed E-state index contributed by atoms with van der Waals surface area (Å²) in [5.41, 5.74) is -0.977. The summed E-state index contributed by atoms with van der Waals surface area (Å²) in [6.07, 6.45) is 2.88. The molecule has 12 heteroatoms. The summed E-state index contributed by atoms with van der Waals surface area (Å²) in [5, 5.41) is 23.5. The first kappa shape index (κ1) is 23.3. The molecule has 3 rings (SSSR count). The standard InChI is InChI=1S/C21H17ClN4O7/c1-32-16-9-12(6-8-17-24-20(28)19(26(30)31)21(29)25-17)5-7-15(16)33-11-18(27)23-14-4-2-3-13(22)10-14/h2-10H,11H2,1H3,(H,23,27)(H2,24,25,28,29)/b8-6+. The number of hydrogen-bond acceptors (Lipinski definition) is 8. The van der Waals surface area contributed by atoms with E-state index < -0.39 is 28.0 Å². The Balaban J connectivity index is 1.69. The van der Waals surface area contributed by atoms with Gasteiger partial charge in [-0.25, -0.2) is 0 Å². The van der Waals surface area contributed by atoms with Gasteiger partial charge < -0.3 is 24.9 Å². The summed E-state index contributed by atoms with van der Waals surface area (Å²) < 4.78 is 10.8. The summed E-state index contributed by atoms with van der Waals surface area (Å²) in [7, 11) is 1.43. The van der Waals surface area contributed by atoms with Crippen LogP contribution in [0.25, 0.3) is 12.2 Å². The molecule has 0 spiro atoms. The van der Waals surface area contributed by atoms with Crippen molar-refractivity contribution in [3.05, 3.63) is 79.3 Å². The fraction of sp³-hybridized carbons (Fsp3) is 0.0952. The van der Waals surface area contributed by atoms with Crippen LogP contribution in [0.2, 0.25) is 5.02 Å². The highest BCUT2D eigenvalue weighted by atomic mass is 35.5. The molecule has 33 heavy (non-hydrogen) atoms. The molecule has 0 aliphatic heterocycles. The molecule has 2 aromatic carbocycles. The Kier molecular flexibility index (Phi) is 7.26. The number of anilines is 1. The third-order valence-corrected chi connectivity index (χ3v) is 4.40. The van der Waals surface area contributed by atoms with Gasteiger partial charge in [0.2, 0.25) is 0 Å². The fourth-order valence-corrected chi connectivity index (χ4v) is 2.89. The van der Waals surface area contributed by atoms with Crippen molar-refractivity contribution in [2.45, 2.75) is 0 Å². The van der Waals surface area contributed by atoms with Crippen LogP contribution < -0.4 is 20.3 Å². The minimum absolute atomic E-state index is 0.0833. The monoisotopic (exact) mass is 472 g/mol. The molecule has 0 aliphatic carbocycles. The molecule has 1 heterocycles. The van der Waals surface area contributed by atoms with E-state index in [1.54, 1.807) is 42.5 Å². The van der Waals surface area contributed by atoms with Gasteiger partial charge >= 0.3 is 11.2 Å². The van der Waals surface area contributed by atoms with Gasteiger partial charge in [-0.2, -0.15) is 4.98 Å². The topological polar surface area (TPSA) is 157 Å². The predicted molar refractivity (Wildman–Crippen MR) is 121 cm³/mol. The van der Waals surface area contributed by atoms with Crippen LogP contribution in [0, 0.1) is 10.1 Å². The van der Waals surface area contributed by atoms with Crippen LogP contribution in [0.5, 0.6) is 17.4 Å². The van der Waals surface area contributed by atoms with Crippen LogP contribution in [0.3, 0.4) is 0 Å². The molecule has 170 valence electrons. The first-order valence-corrected chi connectivity index (χ1v) is 9.66. The maximum atomic E-state index is 12.1. The second-order valence-electron chi connectivity index (χ2n) is 6.47. The number of ether oxygens (including phenoxy) is 2. The third kappa shape index (κ3) is 6.08. The number of aromatic hydroxyl groups is 1. The van der Waals surface area contributed by atoms with Gasteiger partial charge in [-0.3, -0.25) is 19.7 Å². The fourth-order valence-electron chi connectivity index (χ4n) is 2.70. The predicted octanol–water partition coefficient (Wildman–Crippen LogP) is 3.23. The van der Waals surface area contributed by atoms with Gasteiger partial charge in [0.1, 0.15) is 5.82 Å². The van der Waals surface area contributed by atoms with Crippen molar-refractivity contribution in [1.82, 2.24) is 9.97 Å². The van der Waals surface area contributed by atoms with Crippen molar-refractivity contribution in [3.8, 4) is 17.4 Å². The number of nitrogens with one attached hydrogen (secondary N) is 2. The molecule has 0 saturated carbocycles. The molecular weight excluding hydrogens is 456 g/mol. The number of aromatic amines is 1. The Bertz CT molecular complexity index is 1290. The molecule has 0 aliphatic rings. The van der Waals surface area contributed by atoms with Crippen LogP contribution >= 0.6 is 11.6 Å². The first-order valence-electron chi connectivity index (χ1n) is 9.29. The van der Waals surface area contributed by atoms with Crippen molar-refractivity contribution >= 4 is 41.0 Å². The van der Waals surface area contributed by atoms with Crippen molar-refractivity contribution in [1.29, 1.82) is 0 Å². The Morgan fingerprint density at radius 1 is 1.27 bits per heavy atom. The van der Waals surface area contributed by atoms with E-state index in [1.807, 2.05) is 0 Å². The number of carbonyl (C=O) groups is 1. The normalized spacial score (nSPS) is 10.7. The lowest BCUT2D eigenvalue weighted by Gasteiger charge is -2.11. The van der Waals surface area contributed by atoms with E-state index in [2.05, 4.69) is 15.3 Å². The molecule has 1 amide bonds. The lowest BCUT2D eigenvalue weighted by molar-refractivity contribution is -0.387. The summed E-state index contributed by atoms with van der Waals surface area (Å²) in [6.45, 7) is -0.273. The van der Waals surface area contributed by atoms with Crippen LogP contribution in [0.4, 0.5) is 11.4 Å². The molecule has 11 nitrogen and oxygen atoms in total. The number of amides is 1. The molecule has 0 fully saturated rings. The number of carbonyl (C=O) groups excluding carboxylic acids is 1. The highest BCUT2D eigenvalue weighted by Gasteiger charge is 2.21. The van der Waals surface area contributed by atoms with Gasteiger partial charge in [0.25, 0.3) is 11.8 Å². The number of benzene rings is 2. The van der Waals surface area contributed by atoms with Crippen LogP contribution in [0.1, 0.15) is 11.4 Å². The number of aromatic nitrogens is 2. The van der Waals surface area contributed by atoms with E-state index in [0.29, 0.717) is 27.8 Å². The Labute approximate surface area is 191 Å². The zero-order valence-electron chi connectivity index (χ0n) is 17.1. The number of nitrogens with zero attached hydrogens (tertiary/aromatic N) is 2. The molecular formula is C21H17ClN4O7. The number of hydrogen-bond donors (Lipinski definition) is 3. The van der Waals surface area contributed by atoms with E-state index in [1.165, 1.54) is 19.3 Å². The largest absolute Gasteiger partial charge is 0.493 e. The van der Waals surface area contributed by atoms with Crippen molar-refractivity contribution < 1.29 is 24.3 Å². The van der Waals surface area contributed by atoms with Crippen LogP contribution in [-0.4, -0.2) is 39.6 Å². The average Bonchev–Trinajstić information content (AvgIpc) is 2.75. The molecule has 0 atom stereocenters. The summed E-state index contributed by atoms with van der Waals surface area (Å²) in [6, 6.07) is 11.5. The highest BCUT2D eigenvalue weighted by Crippen LogP contribution is 2.29. The Hall–Kier alpha value is -4.38. The van der Waals surface area contributed by atoms with E-state index in [0.717, 1.165) is 0 Å². The van der Waals surface area contributed by atoms with Gasteiger partial charge in [-0.1, -0.05) is 29.8 Å². The molecule has 0 radical (unpaired) electrons. The molecule has 3 N–H and O–H groups in total. The van der Waals surface area contributed by atoms with Gasteiger partial charge in [0.15, 0.2) is 18.1 Å². The van der Waals surface area contributed by atoms with Crippen molar-refractivity contribution in [3.63, 3.8) is 0 Å². The molecule has 0 saturated heterocycles. The van der Waals surface area contributed by atoms with E-state index >= 15 is 0 Å². The summed E-state index contributed by atoms with van der Waals surface area (Å²) >= 11 is 5.89. The molecule has 0 bridgehead atoms. The second kappa shape index (κ2) is 10.3. The van der Waals surface area contributed by atoms with Gasteiger partial charge in [-0.15, -0.1) is 0 Å². The number of H-pyrrole nitrogens is 1. The average molecular weight is 473 g/mol. The zero-order valence-corrected chi connectivity index (χ0v) is 17.8. The SMILES string of the molecule is COc1cc(/C=C/c2nc(O)c([N+](=O)[O-])c(=O)[nH]2)ccc1OCC(=O)Nc1cccc(Cl)c1. The lowest BCUT2D eigenvalue weighted by Crippen LogP contribution is -2.20. The van der Waals surface area contributed by atoms with Crippen molar-refractivity contribution in [2.24, 2.45) is 0 Å². The quantitative estimate of drug-likeness (QED) is 0.333. The van der Waals surface area contributed by atoms with Crippen LogP contribution in [-0.2, 0) is 4.79 Å².